The standard InChI is InChI=1S/C14H19N/c1-12(2)15(4)13(3)10-11-14-8-6-5-7-9-14/h5-12H,3H2,1-2,4H3/b11-10+. The van der Waals surface area contributed by atoms with E-state index in [2.05, 4.69) is 56.7 Å². The second-order valence-corrected chi connectivity index (χ2v) is 3.94. The Morgan fingerprint density at radius 3 is 2.40 bits per heavy atom. The summed E-state index contributed by atoms with van der Waals surface area (Å²) >= 11 is 0. The highest BCUT2D eigenvalue weighted by atomic mass is 15.1. The molecule has 1 aromatic carbocycles. The normalized spacial score (nSPS) is 10.9. The van der Waals surface area contributed by atoms with E-state index >= 15 is 0 Å². The Hall–Kier alpha value is -1.50. The number of hydrogen-bond acceptors (Lipinski definition) is 1. The van der Waals surface area contributed by atoms with Gasteiger partial charge in [-0.3, -0.25) is 0 Å². The van der Waals surface area contributed by atoms with E-state index in [9.17, 15) is 0 Å². The third-order valence-corrected chi connectivity index (χ3v) is 2.50. The molecule has 0 fully saturated rings. The lowest BCUT2D eigenvalue weighted by atomic mass is 10.2. The maximum absolute atomic E-state index is 4.03. The minimum absolute atomic E-state index is 0.484. The van der Waals surface area contributed by atoms with Gasteiger partial charge < -0.3 is 4.90 Å². The van der Waals surface area contributed by atoms with Crippen molar-refractivity contribution in [3.05, 3.63) is 54.2 Å². The number of nitrogens with zero attached hydrogens (tertiary/aromatic N) is 1. The molecule has 0 N–H and O–H groups in total. The van der Waals surface area contributed by atoms with E-state index in [1.54, 1.807) is 0 Å². The van der Waals surface area contributed by atoms with Gasteiger partial charge in [-0.25, -0.2) is 0 Å². The average Bonchev–Trinajstić information content (AvgIpc) is 2.26. The molecule has 0 aliphatic heterocycles. The largest absolute Gasteiger partial charge is 0.373 e. The molecular formula is C14H19N. The Morgan fingerprint density at radius 2 is 1.87 bits per heavy atom. The van der Waals surface area contributed by atoms with E-state index < -0.39 is 0 Å². The lowest BCUT2D eigenvalue weighted by molar-refractivity contribution is 0.356. The second kappa shape index (κ2) is 5.40. The molecule has 80 valence electrons. The molecule has 0 aromatic heterocycles. The van der Waals surface area contributed by atoms with Crippen LogP contribution in [0, 0.1) is 0 Å². The Morgan fingerprint density at radius 1 is 1.27 bits per heavy atom. The first kappa shape index (κ1) is 11.6. The van der Waals surface area contributed by atoms with Gasteiger partial charge in [-0.2, -0.15) is 0 Å². The molecule has 0 bridgehead atoms. The van der Waals surface area contributed by atoms with E-state index in [1.165, 1.54) is 5.56 Å². The van der Waals surface area contributed by atoms with Crippen LogP contribution >= 0.6 is 0 Å². The van der Waals surface area contributed by atoms with Crippen LogP contribution in [0.4, 0.5) is 0 Å². The summed E-state index contributed by atoms with van der Waals surface area (Å²) in [7, 11) is 2.06. The van der Waals surface area contributed by atoms with Crippen LogP contribution in [0.1, 0.15) is 19.4 Å². The van der Waals surface area contributed by atoms with Gasteiger partial charge in [-0.15, -0.1) is 0 Å². The van der Waals surface area contributed by atoms with E-state index in [0.29, 0.717) is 6.04 Å². The van der Waals surface area contributed by atoms with Gasteiger partial charge in [0, 0.05) is 18.8 Å². The summed E-state index contributed by atoms with van der Waals surface area (Å²) < 4.78 is 0. The predicted molar refractivity (Wildman–Crippen MR) is 67.5 cm³/mol. The van der Waals surface area contributed by atoms with Crippen LogP contribution < -0.4 is 0 Å². The molecule has 0 aliphatic carbocycles. The average molecular weight is 201 g/mol. The highest BCUT2D eigenvalue weighted by molar-refractivity contribution is 5.51. The van der Waals surface area contributed by atoms with Crippen LogP contribution in [0.15, 0.2) is 48.7 Å². The van der Waals surface area contributed by atoms with Crippen LogP contribution in [0.3, 0.4) is 0 Å². The van der Waals surface area contributed by atoms with Gasteiger partial charge in [0.05, 0.1) is 0 Å². The molecule has 0 atom stereocenters. The van der Waals surface area contributed by atoms with E-state index in [4.69, 9.17) is 0 Å². The topological polar surface area (TPSA) is 3.24 Å². The smallest absolute Gasteiger partial charge is 0.0293 e. The van der Waals surface area contributed by atoms with Gasteiger partial charge in [-0.05, 0) is 25.5 Å². The van der Waals surface area contributed by atoms with Crippen molar-refractivity contribution in [1.29, 1.82) is 0 Å². The fraction of sp³-hybridized carbons (Fsp3) is 0.286. The second-order valence-electron chi connectivity index (χ2n) is 3.94. The number of hydrogen-bond donors (Lipinski definition) is 0. The van der Waals surface area contributed by atoms with E-state index in [0.717, 1.165) is 5.70 Å². The number of allylic oxidation sites excluding steroid dienone is 1. The van der Waals surface area contributed by atoms with Crippen molar-refractivity contribution >= 4 is 6.08 Å². The lowest BCUT2D eigenvalue weighted by Crippen LogP contribution is -2.23. The summed E-state index contributed by atoms with van der Waals surface area (Å²) in [6.45, 7) is 8.34. The third kappa shape index (κ3) is 3.62. The Balaban J connectivity index is 2.63. The number of benzene rings is 1. The van der Waals surface area contributed by atoms with E-state index in [1.807, 2.05) is 18.2 Å². The summed E-state index contributed by atoms with van der Waals surface area (Å²) in [6.07, 6.45) is 4.14. The zero-order chi connectivity index (χ0) is 11.3. The molecular weight excluding hydrogens is 182 g/mol. The first-order valence-corrected chi connectivity index (χ1v) is 5.26. The van der Waals surface area contributed by atoms with Gasteiger partial charge in [-0.1, -0.05) is 43.0 Å². The number of likely N-dealkylation sites (N-methyl/N-ethyl adjacent to an activating group) is 1. The Bertz CT molecular complexity index is 336. The van der Waals surface area contributed by atoms with Crippen molar-refractivity contribution in [2.45, 2.75) is 19.9 Å². The molecule has 1 rings (SSSR count). The summed E-state index contributed by atoms with van der Waals surface area (Å²) in [5, 5.41) is 0. The van der Waals surface area contributed by atoms with Crippen molar-refractivity contribution in [2.75, 3.05) is 7.05 Å². The molecule has 0 amide bonds. The van der Waals surface area contributed by atoms with Crippen molar-refractivity contribution in [3.63, 3.8) is 0 Å². The van der Waals surface area contributed by atoms with Crippen LogP contribution in [0.2, 0.25) is 0 Å². The highest BCUT2D eigenvalue weighted by Crippen LogP contribution is 2.08. The molecule has 1 nitrogen and oxygen atoms in total. The SMILES string of the molecule is C=C(/C=C/c1ccccc1)N(C)C(C)C. The summed E-state index contributed by atoms with van der Waals surface area (Å²) in [4.78, 5) is 2.15. The van der Waals surface area contributed by atoms with Gasteiger partial charge in [0.15, 0.2) is 0 Å². The molecule has 15 heavy (non-hydrogen) atoms. The minimum atomic E-state index is 0.484. The molecule has 0 spiro atoms. The fourth-order valence-corrected chi connectivity index (χ4v) is 1.21. The predicted octanol–water partition coefficient (Wildman–Crippen LogP) is 3.55. The number of rotatable bonds is 4. The van der Waals surface area contributed by atoms with Crippen LogP contribution in [-0.2, 0) is 0 Å². The molecule has 0 heterocycles. The molecule has 0 unspecified atom stereocenters. The molecule has 1 heteroatoms. The molecule has 0 radical (unpaired) electrons. The van der Waals surface area contributed by atoms with Crippen molar-refractivity contribution in [3.8, 4) is 0 Å². The minimum Gasteiger partial charge on any atom is -0.373 e. The first-order chi connectivity index (χ1) is 7.11. The maximum Gasteiger partial charge on any atom is 0.0293 e. The van der Waals surface area contributed by atoms with Gasteiger partial charge >= 0.3 is 0 Å². The fourth-order valence-electron chi connectivity index (χ4n) is 1.21. The van der Waals surface area contributed by atoms with Crippen LogP contribution in [0.5, 0.6) is 0 Å². The molecule has 0 saturated heterocycles. The molecule has 0 saturated carbocycles. The Labute approximate surface area is 92.7 Å². The van der Waals surface area contributed by atoms with Crippen molar-refractivity contribution in [2.24, 2.45) is 0 Å². The van der Waals surface area contributed by atoms with Gasteiger partial charge in [0.1, 0.15) is 0 Å². The summed E-state index contributed by atoms with van der Waals surface area (Å²) in [5.74, 6) is 0. The maximum atomic E-state index is 4.03. The first-order valence-electron chi connectivity index (χ1n) is 5.26. The third-order valence-electron chi connectivity index (χ3n) is 2.50. The highest BCUT2D eigenvalue weighted by Gasteiger charge is 2.01. The molecule has 1 aromatic rings. The zero-order valence-corrected chi connectivity index (χ0v) is 9.77. The van der Waals surface area contributed by atoms with E-state index in [-0.39, 0.29) is 0 Å². The van der Waals surface area contributed by atoms with Gasteiger partial charge in [0.25, 0.3) is 0 Å². The van der Waals surface area contributed by atoms with Crippen LogP contribution in [-0.4, -0.2) is 18.0 Å². The monoisotopic (exact) mass is 201 g/mol. The lowest BCUT2D eigenvalue weighted by Gasteiger charge is -2.23. The Kier molecular flexibility index (Phi) is 4.17. The van der Waals surface area contributed by atoms with Gasteiger partial charge in [0.2, 0.25) is 0 Å². The summed E-state index contributed by atoms with van der Waals surface area (Å²) in [5.41, 5.74) is 2.24. The van der Waals surface area contributed by atoms with Crippen molar-refractivity contribution < 1.29 is 0 Å². The molecule has 0 aliphatic rings. The summed E-state index contributed by atoms with van der Waals surface area (Å²) in [6, 6.07) is 10.7. The van der Waals surface area contributed by atoms with Crippen LogP contribution in [0.25, 0.3) is 6.08 Å². The quantitative estimate of drug-likeness (QED) is 0.673. The zero-order valence-electron chi connectivity index (χ0n) is 9.77. The van der Waals surface area contributed by atoms with Crippen molar-refractivity contribution in [1.82, 2.24) is 4.90 Å².